The highest BCUT2D eigenvalue weighted by Crippen LogP contribution is 2.31. The van der Waals surface area contributed by atoms with Crippen molar-refractivity contribution in [3.8, 4) is 0 Å². The minimum absolute atomic E-state index is 0.140. The second-order valence-corrected chi connectivity index (χ2v) is 7.78. The summed E-state index contributed by atoms with van der Waals surface area (Å²) in [5.41, 5.74) is 1.24. The van der Waals surface area contributed by atoms with Gasteiger partial charge in [0.15, 0.2) is 5.82 Å². The Morgan fingerprint density at radius 3 is 2.85 bits per heavy atom. The van der Waals surface area contributed by atoms with Crippen molar-refractivity contribution in [1.29, 1.82) is 0 Å². The molecule has 2 aliphatic rings. The third-order valence-corrected chi connectivity index (χ3v) is 5.50. The van der Waals surface area contributed by atoms with Crippen LogP contribution in [0.2, 0.25) is 0 Å². The summed E-state index contributed by atoms with van der Waals surface area (Å²) in [6.45, 7) is 2.48. The number of benzene rings is 1. The van der Waals surface area contributed by atoms with Crippen molar-refractivity contribution in [1.82, 2.24) is 15.0 Å². The van der Waals surface area contributed by atoms with Crippen molar-refractivity contribution in [3.63, 3.8) is 0 Å². The number of Topliss-reactive ketones (excluding diaryl/α,β-unsaturated/α-hetero) is 1. The maximum atomic E-state index is 12.6. The Hall–Kier alpha value is -2.01. The zero-order chi connectivity index (χ0) is 17.8. The van der Waals surface area contributed by atoms with E-state index in [4.69, 9.17) is 4.52 Å². The number of piperidine rings is 1. The van der Waals surface area contributed by atoms with Crippen LogP contribution in [0, 0.1) is 11.8 Å². The number of nitrogens with zero attached hydrogens (tertiary/aromatic N) is 3. The van der Waals surface area contributed by atoms with Gasteiger partial charge in [0.05, 0.1) is 6.54 Å². The van der Waals surface area contributed by atoms with Gasteiger partial charge in [0.25, 0.3) is 0 Å². The summed E-state index contributed by atoms with van der Waals surface area (Å²) < 4.78 is 5.41. The molecule has 1 saturated carbocycles. The summed E-state index contributed by atoms with van der Waals surface area (Å²) in [6.07, 6.45) is 7.07. The van der Waals surface area contributed by atoms with Gasteiger partial charge in [-0.05, 0) is 50.1 Å². The van der Waals surface area contributed by atoms with Crippen molar-refractivity contribution in [3.05, 3.63) is 47.6 Å². The largest absolute Gasteiger partial charge is 0.338 e. The molecular weight excluding hydrogens is 326 g/mol. The molecule has 4 rings (SSSR count). The summed E-state index contributed by atoms with van der Waals surface area (Å²) in [5, 5.41) is 4.10. The maximum Gasteiger partial charge on any atom is 0.240 e. The van der Waals surface area contributed by atoms with Crippen molar-refractivity contribution in [2.75, 3.05) is 13.1 Å². The predicted octanol–water partition coefficient (Wildman–Crippen LogP) is 3.44. The molecule has 1 aromatic heterocycles. The lowest BCUT2D eigenvalue weighted by Crippen LogP contribution is -2.38. The molecule has 1 aliphatic carbocycles. The summed E-state index contributed by atoms with van der Waals surface area (Å²) in [6, 6.07) is 10.3. The van der Waals surface area contributed by atoms with Crippen LogP contribution in [0.3, 0.4) is 0 Å². The van der Waals surface area contributed by atoms with Crippen molar-refractivity contribution >= 4 is 5.78 Å². The van der Waals surface area contributed by atoms with Crippen LogP contribution in [0.25, 0.3) is 0 Å². The van der Waals surface area contributed by atoms with Crippen LogP contribution in [-0.2, 0) is 24.2 Å². The molecule has 2 heterocycles. The fourth-order valence-corrected chi connectivity index (χ4v) is 3.79. The zero-order valence-corrected chi connectivity index (χ0v) is 15.3. The fraction of sp³-hybridized carbons (Fsp3) is 0.571. The van der Waals surface area contributed by atoms with E-state index in [2.05, 4.69) is 27.2 Å². The van der Waals surface area contributed by atoms with Crippen LogP contribution < -0.4 is 0 Å². The first-order valence-electron chi connectivity index (χ1n) is 9.87. The first-order valence-corrected chi connectivity index (χ1v) is 9.87. The number of aromatic nitrogens is 2. The highest BCUT2D eigenvalue weighted by Gasteiger charge is 2.27. The van der Waals surface area contributed by atoms with Crippen LogP contribution in [0.15, 0.2) is 34.9 Å². The van der Waals surface area contributed by atoms with Crippen molar-refractivity contribution in [2.24, 2.45) is 11.8 Å². The van der Waals surface area contributed by atoms with E-state index in [0.29, 0.717) is 24.6 Å². The molecule has 1 atom stereocenters. The van der Waals surface area contributed by atoms with Gasteiger partial charge >= 0.3 is 0 Å². The first-order chi connectivity index (χ1) is 12.8. The summed E-state index contributed by atoms with van der Waals surface area (Å²) in [7, 11) is 0. The van der Waals surface area contributed by atoms with Crippen LogP contribution in [0.1, 0.15) is 49.4 Å². The van der Waals surface area contributed by atoms with Gasteiger partial charge in [0.2, 0.25) is 5.89 Å². The SMILES string of the molecule is O=C(CCc1ccccc1)[C@@H]1CCCN(Cc2nc(CC3CC3)no2)C1. The second-order valence-electron chi connectivity index (χ2n) is 7.78. The standard InChI is InChI=1S/C21H27N3O2/c25-19(11-10-16-5-2-1-3-6-16)18-7-4-12-24(14-18)15-21-22-20(23-26-21)13-17-8-9-17/h1-3,5-6,17-18H,4,7-15H2/t18-/m1/s1. The molecule has 0 spiro atoms. The van der Waals surface area contributed by atoms with Gasteiger partial charge in [0, 0.05) is 25.3 Å². The number of rotatable bonds is 8. The number of carbonyl (C=O) groups is 1. The van der Waals surface area contributed by atoms with Gasteiger partial charge in [-0.15, -0.1) is 0 Å². The number of ketones is 1. The van der Waals surface area contributed by atoms with Crippen LogP contribution in [-0.4, -0.2) is 33.9 Å². The van der Waals surface area contributed by atoms with Gasteiger partial charge < -0.3 is 4.52 Å². The van der Waals surface area contributed by atoms with Gasteiger partial charge in [-0.3, -0.25) is 9.69 Å². The Labute approximate surface area is 154 Å². The highest BCUT2D eigenvalue weighted by molar-refractivity contribution is 5.81. The Kier molecular flexibility index (Phi) is 5.44. The minimum atomic E-state index is 0.140. The first kappa shape index (κ1) is 17.4. The third kappa shape index (κ3) is 4.79. The monoisotopic (exact) mass is 353 g/mol. The van der Waals surface area contributed by atoms with Gasteiger partial charge in [-0.1, -0.05) is 35.5 Å². The lowest BCUT2D eigenvalue weighted by atomic mass is 9.90. The van der Waals surface area contributed by atoms with E-state index in [0.717, 1.165) is 50.5 Å². The van der Waals surface area contributed by atoms with E-state index >= 15 is 0 Å². The number of hydrogen-bond acceptors (Lipinski definition) is 5. The minimum Gasteiger partial charge on any atom is -0.338 e. The summed E-state index contributed by atoms with van der Waals surface area (Å²) in [5.74, 6) is 2.83. The number of aryl methyl sites for hydroxylation is 1. The molecule has 0 N–H and O–H groups in total. The highest BCUT2D eigenvalue weighted by atomic mass is 16.5. The van der Waals surface area contributed by atoms with Crippen LogP contribution in [0.4, 0.5) is 0 Å². The molecule has 138 valence electrons. The van der Waals surface area contributed by atoms with E-state index in [1.807, 2.05) is 18.2 Å². The van der Waals surface area contributed by atoms with Gasteiger partial charge in [-0.2, -0.15) is 4.98 Å². The molecular formula is C21H27N3O2. The van der Waals surface area contributed by atoms with Crippen molar-refractivity contribution < 1.29 is 9.32 Å². The quantitative estimate of drug-likeness (QED) is 0.728. The van der Waals surface area contributed by atoms with E-state index in [-0.39, 0.29) is 5.92 Å². The van der Waals surface area contributed by atoms with E-state index in [1.165, 1.54) is 18.4 Å². The molecule has 1 aromatic carbocycles. The van der Waals surface area contributed by atoms with E-state index in [9.17, 15) is 4.79 Å². The maximum absolute atomic E-state index is 12.6. The molecule has 5 nitrogen and oxygen atoms in total. The molecule has 0 bridgehead atoms. The third-order valence-electron chi connectivity index (χ3n) is 5.50. The second kappa shape index (κ2) is 8.12. The summed E-state index contributed by atoms with van der Waals surface area (Å²) in [4.78, 5) is 19.4. The molecule has 1 saturated heterocycles. The molecule has 0 amide bonds. The fourth-order valence-electron chi connectivity index (χ4n) is 3.79. The molecule has 0 radical (unpaired) electrons. The van der Waals surface area contributed by atoms with Gasteiger partial charge in [0.1, 0.15) is 5.78 Å². The molecule has 1 aliphatic heterocycles. The molecule has 5 heteroatoms. The average Bonchev–Trinajstić information content (AvgIpc) is 3.38. The Bertz CT molecular complexity index is 724. The van der Waals surface area contributed by atoms with Crippen LogP contribution >= 0.6 is 0 Å². The average molecular weight is 353 g/mol. The normalized spacial score (nSPS) is 21.0. The number of hydrogen-bond donors (Lipinski definition) is 0. The topological polar surface area (TPSA) is 59.2 Å². The number of likely N-dealkylation sites (tertiary alicyclic amines) is 1. The molecule has 2 fully saturated rings. The molecule has 26 heavy (non-hydrogen) atoms. The Morgan fingerprint density at radius 1 is 1.19 bits per heavy atom. The van der Waals surface area contributed by atoms with Gasteiger partial charge in [-0.25, -0.2) is 0 Å². The number of carbonyl (C=O) groups excluding carboxylic acids is 1. The molecule has 0 unspecified atom stereocenters. The smallest absolute Gasteiger partial charge is 0.240 e. The Balaban J connectivity index is 1.26. The predicted molar refractivity (Wildman–Crippen MR) is 98.5 cm³/mol. The lowest BCUT2D eigenvalue weighted by molar-refractivity contribution is -0.124. The molecule has 2 aromatic rings. The van der Waals surface area contributed by atoms with Crippen molar-refractivity contribution in [2.45, 2.75) is 51.5 Å². The van der Waals surface area contributed by atoms with E-state index in [1.54, 1.807) is 0 Å². The van der Waals surface area contributed by atoms with E-state index < -0.39 is 0 Å². The summed E-state index contributed by atoms with van der Waals surface area (Å²) >= 11 is 0. The van der Waals surface area contributed by atoms with Crippen LogP contribution in [0.5, 0.6) is 0 Å². The lowest BCUT2D eigenvalue weighted by Gasteiger charge is -2.30. The Morgan fingerprint density at radius 2 is 2.04 bits per heavy atom. The zero-order valence-electron chi connectivity index (χ0n) is 15.3.